The van der Waals surface area contributed by atoms with Gasteiger partial charge in [0.05, 0.1) is 24.4 Å². The SMILES string of the molecule is CCOC(=O)c1c(CS(=O)(=O)c2ccccc2)ccc(-c2ccccc2)c1OC. The van der Waals surface area contributed by atoms with Crippen LogP contribution in [0.2, 0.25) is 0 Å². The van der Waals surface area contributed by atoms with E-state index in [1.165, 1.54) is 19.2 Å². The van der Waals surface area contributed by atoms with E-state index in [0.717, 1.165) is 5.56 Å². The van der Waals surface area contributed by atoms with Gasteiger partial charge in [-0.05, 0) is 30.2 Å². The van der Waals surface area contributed by atoms with Crippen molar-refractivity contribution in [2.45, 2.75) is 17.6 Å². The number of esters is 1. The van der Waals surface area contributed by atoms with E-state index in [-0.39, 0.29) is 22.8 Å². The standard InChI is InChI=1S/C23H22O5S/c1-3-28-23(24)21-18(16-29(25,26)19-12-8-5-9-13-19)14-15-20(22(21)27-2)17-10-6-4-7-11-17/h4-15H,3,16H2,1-2H3. The highest BCUT2D eigenvalue weighted by Gasteiger charge is 2.26. The number of hydrogen-bond donors (Lipinski definition) is 0. The predicted octanol–water partition coefficient (Wildman–Crippen LogP) is 4.51. The van der Waals surface area contributed by atoms with Crippen molar-refractivity contribution in [3.8, 4) is 16.9 Å². The smallest absolute Gasteiger partial charge is 0.342 e. The molecule has 0 aromatic heterocycles. The van der Waals surface area contributed by atoms with Gasteiger partial charge in [0.25, 0.3) is 0 Å². The van der Waals surface area contributed by atoms with Gasteiger partial charge in [0.1, 0.15) is 11.3 Å². The van der Waals surface area contributed by atoms with Crippen LogP contribution >= 0.6 is 0 Å². The first kappa shape index (κ1) is 20.6. The highest BCUT2D eigenvalue weighted by molar-refractivity contribution is 7.90. The average molecular weight is 410 g/mol. The fraction of sp³-hybridized carbons (Fsp3) is 0.174. The first-order valence-electron chi connectivity index (χ1n) is 9.18. The van der Waals surface area contributed by atoms with E-state index in [1.54, 1.807) is 37.3 Å². The number of carbonyl (C=O) groups excluding carboxylic acids is 1. The fourth-order valence-electron chi connectivity index (χ4n) is 3.14. The topological polar surface area (TPSA) is 69.7 Å². The summed E-state index contributed by atoms with van der Waals surface area (Å²) in [5.41, 5.74) is 2.02. The van der Waals surface area contributed by atoms with Crippen LogP contribution in [-0.2, 0) is 20.3 Å². The third-order valence-corrected chi connectivity index (χ3v) is 6.14. The van der Waals surface area contributed by atoms with Gasteiger partial charge in [-0.2, -0.15) is 0 Å². The normalized spacial score (nSPS) is 11.1. The zero-order chi connectivity index (χ0) is 20.9. The van der Waals surface area contributed by atoms with Crippen molar-refractivity contribution in [2.75, 3.05) is 13.7 Å². The molecule has 150 valence electrons. The second-order valence-electron chi connectivity index (χ2n) is 6.34. The molecule has 0 N–H and O–H groups in total. The lowest BCUT2D eigenvalue weighted by Gasteiger charge is -2.17. The van der Waals surface area contributed by atoms with Gasteiger partial charge in [-0.3, -0.25) is 0 Å². The first-order chi connectivity index (χ1) is 14.0. The largest absolute Gasteiger partial charge is 0.495 e. The molecular formula is C23H22O5S. The van der Waals surface area contributed by atoms with E-state index in [0.29, 0.717) is 16.9 Å². The zero-order valence-corrected chi connectivity index (χ0v) is 17.1. The van der Waals surface area contributed by atoms with E-state index in [1.807, 2.05) is 30.3 Å². The fourth-order valence-corrected chi connectivity index (χ4v) is 4.53. The summed E-state index contributed by atoms with van der Waals surface area (Å²) in [6.45, 7) is 1.87. The minimum absolute atomic E-state index is 0.134. The summed E-state index contributed by atoms with van der Waals surface area (Å²) in [6, 6.07) is 21.0. The number of methoxy groups -OCH3 is 1. The minimum atomic E-state index is -3.65. The van der Waals surface area contributed by atoms with Gasteiger partial charge >= 0.3 is 5.97 Å². The molecule has 0 bridgehead atoms. The lowest BCUT2D eigenvalue weighted by Crippen LogP contribution is -2.14. The monoisotopic (exact) mass is 410 g/mol. The van der Waals surface area contributed by atoms with Crippen molar-refractivity contribution in [2.24, 2.45) is 0 Å². The summed E-state index contributed by atoms with van der Waals surface area (Å²) in [4.78, 5) is 12.9. The number of rotatable bonds is 7. The molecule has 0 aliphatic rings. The molecule has 0 aliphatic carbocycles. The Morgan fingerprint density at radius 3 is 2.10 bits per heavy atom. The molecule has 3 aromatic carbocycles. The Labute approximate surface area is 170 Å². The highest BCUT2D eigenvalue weighted by Crippen LogP contribution is 2.36. The molecule has 0 heterocycles. The van der Waals surface area contributed by atoms with Crippen LogP contribution in [0.5, 0.6) is 5.75 Å². The van der Waals surface area contributed by atoms with Crippen molar-refractivity contribution in [3.63, 3.8) is 0 Å². The van der Waals surface area contributed by atoms with Crippen molar-refractivity contribution in [1.29, 1.82) is 0 Å². The van der Waals surface area contributed by atoms with Crippen molar-refractivity contribution in [1.82, 2.24) is 0 Å². The maximum atomic E-state index is 12.9. The molecule has 6 heteroatoms. The number of carbonyl (C=O) groups is 1. The van der Waals surface area contributed by atoms with Crippen LogP contribution in [0.15, 0.2) is 77.7 Å². The quantitative estimate of drug-likeness (QED) is 0.536. The maximum absolute atomic E-state index is 12.9. The van der Waals surface area contributed by atoms with Crippen LogP contribution < -0.4 is 4.74 Å². The summed E-state index contributed by atoms with van der Waals surface area (Å²) in [5.74, 6) is -0.646. The Balaban J connectivity index is 2.15. The molecule has 5 nitrogen and oxygen atoms in total. The average Bonchev–Trinajstić information content (AvgIpc) is 2.74. The Hall–Kier alpha value is -3.12. The Morgan fingerprint density at radius 1 is 0.897 bits per heavy atom. The third-order valence-electron chi connectivity index (χ3n) is 4.46. The van der Waals surface area contributed by atoms with Gasteiger partial charge in [-0.25, -0.2) is 13.2 Å². The summed E-state index contributed by atoms with van der Waals surface area (Å²) < 4.78 is 36.6. The van der Waals surface area contributed by atoms with Gasteiger partial charge in [0.15, 0.2) is 9.84 Å². The Morgan fingerprint density at radius 2 is 1.52 bits per heavy atom. The van der Waals surface area contributed by atoms with Crippen molar-refractivity contribution >= 4 is 15.8 Å². The molecule has 0 amide bonds. The molecule has 0 aliphatic heterocycles. The van der Waals surface area contributed by atoms with Crippen LogP contribution in [0.3, 0.4) is 0 Å². The van der Waals surface area contributed by atoms with Crippen LogP contribution in [0.4, 0.5) is 0 Å². The molecule has 3 aromatic rings. The van der Waals surface area contributed by atoms with Gasteiger partial charge in [-0.15, -0.1) is 0 Å². The summed E-state index contributed by atoms with van der Waals surface area (Å²) in [5, 5.41) is 0. The molecule has 29 heavy (non-hydrogen) atoms. The van der Waals surface area contributed by atoms with Gasteiger partial charge in [0, 0.05) is 5.56 Å². The number of benzene rings is 3. The van der Waals surface area contributed by atoms with Crippen LogP contribution in [-0.4, -0.2) is 28.1 Å². The van der Waals surface area contributed by atoms with Crippen molar-refractivity contribution < 1.29 is 22.7 Å². The summed E-state index contributed by atoms with van der Waals surface area (Å²) in [7, 11) is -2.19. The molecule has 0 saturated carbocycles. The van der Waals surface area contributed by atoms with Crippen LogP contribution in [0.25, 0.3) is 11.1 Å². The number of hydrogen-bond acceptors (Lipinski definition) is 5. The molecule has 0 unspecified atom stereocenters. The lowest BCUT2D eigenvalue weighted by atomic mass is 9.98. The Kier molecular flexibility index (Phi) is 6.34. The third kappa shape index (κ3) is 4.49. The molecule has 3 rings (SSSR count). The van der Waals surface area contributed by atoms with E-state index >= 15 is 0 Å². The summed E-state index contributed by atoms with van der Waals surface area (Å²) in [6.07, 6.45) is 0. The van der Waals surface area contributed by atoms with E-state index in [9.17, 15) is 13.2 Å². The first-order valence-corrected chi connectivity index (χ1v) is 10.8. The van der Waals surface area contributed by atoms with Gasteiger partial charge in [0.2, 0.25) is 0 Å². The molecule has 0 saturated heterocycles. The number of ether oxygens (including phenoxy) is 2. The molecule has 0 fully saturated rings. The molecule has 0 atom stereocenters. The van der Waals surface area contributed by atoms with Crippen LogP contribution in [0.1, 0.15) is 22.8 Å². The zero-order valence-electron chi connectivity index (χ0n) is 16.3. The number of sulfone groups is 1. The molecular weight excluding hydrogens is 388 g/mol. The van der Waals surface area contributed by atoms with E-state index < -0.39 is 15.8 Å². The minimum Gasteiger partial charge on any atom is -0.495 e. The van der Waals surface area contributed by atoms with Crippen LogP contribution in [0, 0.1) is 0 Å². The summed E-state index contributed by atoms with van der Waals surface area (Å²) >= 11 is 0. The van der Waals surface area contributed by atoms with E-state index in [2.05, 4.69) is 0 Å². The van der Waals surface area contributed by atoms with Gasteiger partial charge in [-0.1, -0.05) is 60.7 Å². The maximum Gasteiger partial charge on any atom is 0.342 e. The molecule has 0 spiro atoms. The van der Waals surface area contributed by atoms with E-state index in [4.69, 9.17) is 9.47 Å². The lowest BCUT2D eigenvalue weighted by molar-refractivity contribution is 0.0522. The highest BCUT2D eigenvalue weighted by atomic mass is 32.2. The Bertz CT molecular complexity index is 1090. The predicted molar refractivity (Wildman–Crippen MR) is 112 cm³/mol. The van der Waals surface area contributed by atoms with Gasteiger partial charge < -0.3 is 9.47 Å². The second kappa shape index (κ2) is 8.92. The second-order valence-corrected chi connectivity index (χ2v) is 8.33. The van der Waals surface area contributed by atoms with Crippen molar-refractivity contribution in [3.05, 3.63) is 83.9 Å². The molecule has 0 radical (unpaired) electrons.